The molecule has 0 unspecified atom stereocenters. The van der Waals surface area contributed by atoms with E-state index in [1.807, 2.05) is 12.3 Å². The molecule has 55 heavy (non-hydrogen) atoms. The Kier molecular flexibility index (Phi) is 10.5. The van der Waals surface area contributed by atoms with Gasteiger partial charge in [0.05, 0.1) is 24.9 Å². The summed E-state index contributed by atoms with van der Waals surface area (Å²) in [6.45, 7) is 18.9. The number of rotatable bonds is 11. The van der Waals surface area contributed by atoms with Crippen molar-refractivity contribution in [2.45, 2.75) is 116 Å². The molecule has 0 amide bonds. The van der Waals surface area contributed by atoms with Gasteiger partial charge in [0.1, 0.15) is 24.2 Å². The van der Waals surface area contributed by atoms with Gasteiger partial charge in [-0.2, -0.15) is 4.98 Å². The van der Waals surface area contributed by atoms with Gasteiger partial charge in [-0.1, -0.05) is 57.8 Å². The number of pyridine rings is 1. The molecule has 8 rings (SSSR count). The molecule has 0 radical (unpaired) electrons. The number of benzene rings is 2. The van der Waals surface area contributed by atoms with Gasteiger partial charge >= 0.3 is 5.97 Å². The molecule has 10 heteroatoms. The number of hydrogen-bond donors (Lipinski definition) is 0. The van der Waals surface area contributed by atoms with Crippen LogP contribution in [-0.2, 0) is 16.2 Å². The second kappa shape index (κ2) is 15.2. The fourth-order valence-electron chi connectivity index (χ4n) is 9.77. The van der Waals surface area contributed by atoms with Gasteiger partial charge in [0.25, 0.3) is 0 Å². The van der Waals surface area contributed by atoms with Crippen LogP contribution in [0.2, 0.25) is 25.7 Å². The van der Waals surface area contributed by atoms with Crippen LogP contribution in [0.25, 0.3) is 11.0 Å². The van der Waals surface area contributed by atoms with Crippen LogP contribution >= 0.6 is 0 Å². The van der Waals surface area contributed by atoms with E-state index in [9.17, 15) is 4.79 Å². The maximum Gasteiger partial charge on any atom is 0.339 e. The largest absolute Gasteiger partial charge is 0.471 e. The summed E-state index contributed by atoms with van der Waals surface area (Å²) in [5.74, 6) is 0.781. The third-order valence-corrected chi connectivity index (χ3v) is 14.6. The molecule has 0 N–H and O–H groups in total. The molecule has 294 valence electrons. The van der Waals surface area contributed by atoms with Gasteiger partial charge in [-0.25, -0.2) is 4.79 Å². The molecule has 4 aliphatic rings. The minimum absolute atomic E-state index is 0.126. The summed E-state index contributed by atoms with van der Waals surface area (Å²) in [6, 6.07) is 22.0. The van der Waals surface area contributed by atoms with Crippen molar-refractivity contribution in [3.63, 3.8) is 0 Å². The molecule has 3 fully saturated rings. The highest BCUT2D eigenvalue weighted by atomic mass is 28.3. The Morgan fingerprint density at radius 1 is 1.02 bits per heavy atom. The number of piperidine rings is 1. The average Bonchev–Trinajstić information content (AvgIpc) is 3.80. The summed E-state index contributed by atoms with van der Waals surface area (Å²) < 4.78 is 19.8. The predicted molar refractivity (Wildman–Crippen MR) is 225 cm³/mol. The van der Waals surface area contributed by atoms with Crippen LogP contribution in [0.3, 0.4) is 0 Å². The summed E-state index contributed by atoms with van der Waals surface area (Å²) >= 11 is 0. The number of carbonyl (C=O) groups excluding carboxylic acids is 1. The Balaban J connectivity index is 0.985. The number of anilines is 3. The van der Waals surface area contributed by atoms with Gasteiger partial charge in [-0.05, 0) is 111 Å². The Morgan fingerprint density at radius 3 is 2.55 bits per heavy atom. The molecule has 2 atom stereocenters. The average molecular weight is 764 g/mol. The number of methoxy groups -OCH3 is 1. The summed E-state index contributed by atoms with van der Waals surface area (Å²) in [7, 11) is 0.284. The molecule has 0 bridgehead atoms. The van der Waals surface area contributed by atoms with Crippen molar-refractivity contribution in [2.24, 2.45) is 5.41 Å². The number of fused-ring (bicyclic) bond motifs is 2. The van der Waals surface area contributed by atoms with Gasteiger partial charge in [-0.15, -0.1) is 0 Å². The third kappa shape index (κ3) is 7.66. The molecule has 2 saturated heterocycles. The fraction of sp³-hybridized carbons (Fsp3) is 0.556. The van der Waals surface area contributed by atoms with Gasteiger partial charge in [0.15, 0.2) is 0 Å². The number of nitrogens with zero attached hydrogens (tertiary/aromatic N) is 5. The molecule has 1 aliphatic carbocycles. The Hall–Kier alpha value is -3.86. The van der Waals surface area contributed by atoms with E-state index in [2.05, 4.69) is 108 Å². The first-order valence-corrected chi connectivity index (χ1v) is 24.5. The SMILES string of the molecule is COC(=O)c1ccc(N2CCC3(CC2)CC(N2CCC[C@H]2c2ccccc2C(C)C)C3)cc1N1C[C@@H](C)Oc2nc3c(ccn3COCC[Si](C)(C)C)cc21. The maximum atomic E-state index is 13.3. The zero-order valence-electron chi connectivity index (χ0n) is 34.1. The molecular formula is C45H61N5O4Si. The monoisotopic (exact) mass is 763 g/mol. The van der Waals surface area contributed by atoms with E-state index in [0.29, 0.717) is 48.1 Å². The fourth-order valence-corrected chi connectivity index (χ4v) is 10.5. The summed E-state index contributed by atoms with van der Waals surface area (Å²) in [5, 5.41) is 1.01. The number of esters is 1. The quantitative estimate of drug-likeness (QED) is 0.0850. The second-order valence-electron chi connectivity index (χ2n) is 18.3. The number of aromatic nitrogens is 2. The molecule has 4 aromatic rings. The van der Waals surface area contributed by atoms with Crippen LogP contribution in [0.15, 0.2) is 60.8 Å². The lowest BCUT2D eigenvalue weighted by atomic mass is 9.59. The molecule has 1 saturated carbocycles. The van der Waals surface area contributed by atoms with Gasteiger partial charge in [0, 0.05) is 57.1 Å². The lowest BCUT2D eigenvalue weighted by Gasteiger charge is -2.56. The van der Waals surface area contributed by atoms with E-state index < -0.39 is 8.07 Å². The maximum absolute atomic E-state index is 13.3. The van der Waals surface area contributed by atoms with Crippen molar-refractivity contribution in [1.29, 1.82) is 0 Å². The lowest BCUT2D eigenvalue weighted by Crippen LogP contribution is -2.55. The van der Waals surface area contributed by atoms with E-state index in [-0.39, 0.29) is 12.1 Å². The predicted octanol–water partition coefficient (Wildman–Crippen LogP) is 9.76. The highest BCUT2D eigenvalue weighted by molar-refractivity contribution is 6.76. The van der Waals surface area contributed by atoms with Crippen LogP contribution in [0.4, 0.5) is 17.1 Å². The molecule has 2 aromatic heterocycles. The first-order chi connectivity index (χ1) is 26.4. The number of carbonyl (C=O) groups is 1. The van der Waals surface area contributed by atoms with Crippen LogP contribution < -0.4 is 14.5 Å². The number of likely N-dealkylation sites (tertiary alicyclic amines) is 1. The van der Waals surface area contributed by atoms with Crippen LogP contribution in [0.1, 0.15) is 92.7 Å². The molecule has 9 nitrogen and oxygen atoms in total. The minimum Gasteiger partial charge on any atom is -0.471 e. The lowest BCUT2D eigenvalue weighted by molar-refractivity contribution is -0.0227. The van der Waals surface area contributed by atoms with Gasteiger partial charge < -0.3 is 28.6 Å². The Bertz CT molecular complexity index is 2010. The van der Waals surface area contributed by atoms with Gasteiger partial charge in [-0.3, -0.25) is 4.90 Å². The number of hydrogen-bond acceptors (Lipinski definition) is 8. The number of ether oxygens (including phenoxy) is 3. The van der Waals surface area contributed by atoms with E-state index in [0.717, 1.165) is 53.8 Å². The van der Waals surface area contributed by atoms with Gasteiger partial charge in [0.2, 0.25) is 5.88 Å². The van der Waals surface area contributed by atoms with Crippen LogP contribution in [0, 0.1) is 5.41 Å². The van der Waals surface area contributed by atoms with E-state index in [1.165, 1.54) is 57.7 Å². The highest BCUT2D eigenvalue weighted by Gasteiger charge is 2.50. The Morgan fingerprint density at radius 2 is 1.80 bits per heavy atom. The standard InChI is InChI=1S/C45H61N5O4Si/c1-31(2)36-11-8-9-12-37(36)39-13-10-19-49(39)35-27-45(28-35)17-21-47(22-18-45)34-14-15-38(44(51)52-4)40(26-34)50-29-32(3)54-43-41(50)25-33-16-20-48(42(33)46-43)30-53-23-24-55(5,6)7/h8-9,11-12,14-16,20,25-26,31-32,35,39H,10,13,17-19,21-24,27-30H2,1-7H3/t32-,39+/m1/s1. The first kappa shape index (κ1) is 38.0. The van der Waals surface area contributed by atoms with Crippen molar-refractivity contribution < 1.29 is 19.0 Å². The topological polar surface area (TPSA) is 72.3 Å². The van der Waals surface area contributed by atoms with Crippen molar-refractivity contribution in [3.8, 4) is 5.88 Å². The van der Waals surface area contributed by atoms with Crippen molar-refractivity contribution >= 4 is 42.1 Å². The van der Waals surface area contributed by atoms with E-state index in [4.69, 9.17) is 19.2 Å². The van der Waals surface area contributed by atoms with E-state index in [1.54, 1.807) is 5.56 Å². The summed E-state index contributed by atoms with van der Waals surface area (Å²) in [6.07, 6.45) is 9.51. The molecule has 3 aliphatic heterocycles. The zero-order valence-corrected chi connectivity index (χ0v) is 35.1. The van der Waals surface area contributed by atoms with Crippen molar-refractivity contribution in [3.05, 3.63) is 77.5 Å². The first-order valence-electron chi connectivity index (χ1n) is 20.8. The molecular weight excluding hydrogens is 703 g/mol. The third-order valence-electron chi connectivity index (χ3n) is 12.9. The Labute approximate surface area is 328 Å². The molecule has 5 heterocycles. The van der Waals surface area contributed by atoms with Crippen LogP contribution in [-0.4, -0.2) is 80.5 Å². The van der Waals surface area contributed by atoms with E-state index >= 15 is 0 Å². The summed E-state index contributed by atoms with van der Waals surface area (Å²) in [5.41, 5.74) is 7.75. The van der Waals surface area contributed by atoms with Crippen molar-refractivity contribution in [2.75, 3.05) is 49.7 Å². The molecule has 1 spiro atoms. The minimum atomic E-state index is -1.17. The smallest absolute Gasteiger partial charge is 0.339 e. The highest BCUT2D eigenvalue weighted by Crippen LogP contribution is 2.54. The van der Waals surface area contributed by atoms with Crippen LogP contribution in [0.5, 0.6) is 5.88 Å². The summed E-state index contributed by atoms with van der Waals surface area (Å²) in [4.78, 5) is 25.9. The zero-order chi connectivity index (χ0) is 38.5. The second-order valence-corrected chi connectivity index (χ2v) is 23.9. The van der Waals surface area contributed by atoms with Crippen molar-refractivity contribution in [1.82, 2.24) is 14.5 Å². The molecule has 2 aromatic carbocycles. The normalized spacial score (nSPS) is 21.6.